The summed E-state index contributed by atoms with van der Waals surface area (Å²) in [6.45, 7) is -0.219. The van der Waals surface area contributed by atoms with Gasteiger partial charge in [0.15, 0.2) is 11.9 Å². The third-order valence-electron chi connectivity index (χ3n) is 3.31. The van der Waals surface area contributed by atoms with Crippen LogP contribution in [-0.4, -0.2) is 50.4 Å². The molecule has 2 aliphatic heterocycles. The maximum atomic E-state index is 11.4. The van der Waals surface area contributed by atoms with E-state index in [4.69, 9.17) is 20.7 Å². The molecule has 3 rings (SSSR count). The average Bonchev–Trinajstić information content (AvgIpc) is 2.90. The Hall–Kier alpha value is -1.49. The number of amides is 1. The van der Waals surface area contributed by atoms with Crippen LogP contribution in [0.4, 0.5) is 5.82 Å². The van der Waals surface area contributed by atoms with Gasteiger partial charge < -0.3 is 26.2 Å². The largest absolute Gasteiger partial charge is 0.472 e. The van der Waals surface area contributed by atoms with Gasteiger partial charge in [0, 0.05) is 0 Å². The molecule has 0 spiro atoms. The molecule has 3 heterocycles. The number of aliphatic hydroxyl groups is 1. The van der Waals surface area contributed by atoms with E-state index >= 15 is 0 Å². The van der Waals surface area contributed by atoms with E-state index in [9.17, 15) is 19.4 Å². The van der Waals surface area contributed by atoms with Crippen molar-refractivity contribution in [2.75, 3.05) is 12.3 Å². The molecule has 5 atom stereocenters. The maximum absolute atomic E-state index is 11.4. The van der Waals surface area contributed by atoms with Crippen LogP contribution < -0.4 is 11.5 Å². The lowest BCUT2D eigenvalue weighted by Crippen LogP contribution is -2.39. The zero-order valence-electron chi connectivity index (χ0n) is 10.5. The summed E-state index contributed by atoms with van der Waals surface area (Å²) in [6, 6.07) is 0. The normalized spacial score (nSPS) is 39.1. The van der Waals surface area contributed by atoms with Gasteiger partial charge >= 0.3 is 7.82 Å². The zero-order chi connectivity index (χ0) is 15.4. The summed E-state index contributed by atoms with van der Waals surface area (Å²) in [6.07, 6.45) is -2.96. The summed E-state index contributed by atoms with van der Waals surface area (Å²) >= 11 is 0. The Morgan fingerprint density at radius 1 is 1.57 bits per heavy atom. The molecule has 6 N–H and O–H groups in total. The highest BCUT2D eigenvalue weighted by Gasteiger charge is 2.52. The van der Waals surface area contributed by atoms with Crippen LogP contribution in [0.25, 0.3) is 0 Å². The molecule has 1 aromatic heterocycles. The second kappa shape index (κ2) is 4.77. The van der Waals surface area contributed by atoms with E-state index in [0.29, 0.717) is 0 Å². The van der Waals surface area contributed by atoms with E-state index in [1.54, 1.807) is 0 Å². The topological polar surface area (TPSA) is 172 Å². The number of aromatic nitrogens is 2. The summed E-state index contributed by atoms with van der Waals surface area (Å²) in [5.74, 6) is -0.908. The number of carbonyl (C=O) groups is 1. The molecule has 0 aromatic carbocycles. The molecule has 0 radical (unpaired) electrons. The first-order valence-corrected chi connectivity index (χ1v) is 7.41. The third kappa shape index (κ3) is 2.33. The number of imidazole rings is 1. The highest BCUT2D eigenvalue weighted by atomic mass is 31.2. The van der Waals surface area contributed by atoms with Crippen LogP contribution >= 0.6 is 7.82 Å². The monoisotopic (exact) mass is 320 g/mol. The number of phosphoric acid groups is 1. The van der Waals surface area contributed by atoms with Crippen LogP contribution in [-0.2, 0) is 18.3 Å². The van der Waals surface area contributed by atoms with Gasteiger partial charge in [0.05, 0.1) is 12.9 Å². The number of rotatable bonds is 2. The number of fused-ring (bicyclic) bond motifs is 1. The first-order valence-electron chi connectivity index (χ1n) is 5.91. The van der Waals surface area contributed by atoms with Gasteiger partial charge in [0.2, 0.25) is 0 Å². The minimum Gasteiger partial charge on any atom is -0.386 e. The molecule has 0 bridgehead atoms. The van der Waals surface area contributed by atoms with Gasteiger partial charge in [0.25, 0.3) is 5.91 Å². The van der Waals surface area contributed by atoms with Gasteiger partial charge in [-0.25, -0.2) is 9.55 Å². The Balaban J connectivity index is 1.88. The molecule has 0 saturated carbocycles. The second-order valence-corrected chi connectivity index (χ2v) is 6.05. The van der Waals surface area contributed by atoms with Crippen LogP contribution in [0.1, 0.15) is 16.7 Å². The fourth-order valence-electron chi connectivity index (χ4n) is 2.33. The average molecular weight is 320 g/mol. The highest BCUT2D eigenvalue weighted by molar-refractivity contribution is 7.47. The predicted octanol–water partition coefficient (Wildman–Crippen LogP) is -1.66. The predicted molar refractivity (Wildman–Crippen MR) is 65.7 cm³/mol. The number of hydrogen-bond acceptors (Lipinski definition) is 8. The van der Waals surface area contributed by atoms with Gasteiger partial charge in [-0.2, -0.15) is 0 Å². The van der Waals surface area contributed by atoms with Gasteiger partial charge in [-0.15, -0.1) is 0 Å². The highest BCUT2D eigenvalue weighted by Crippen LogP contribution is 2.52. The van der Waals surface area contributed by atoms with E-state index in [1.165, 1.54) is 10.9 Å². The van der Waals surface area contributed by atoms with Crippen molar-refractivity contribution in [3.8, 4) is 0 Å². The molecule has 1 aromatic rings. The lowest BCUT2D eigenvalue weighted by Gasteiger charge is -2.27. The first-order chi connectivity index (χ1) is 9.80. The number of hydrogen-bond donors (Lipinski definition) is 4. The van der Waals surface area contributed by atoms with Crippen molar-refractivity contribution in [3.63, 3.8) is 0 Å². The van der Waals surface area contributed by atoms with Gasteiger partial charge in [-0.05, 0) is 0 Å². The number of nitrogen functional groups attached to an aromatic ring is 1. The molecule has 12 heteroatoms. The molecule has 11 nitrogen and oxygen atoms in total. The Bertz CT molecular complexity index is 634. The fraction of sp³-hybridized carbons (Fsp3) is 0.556. The minimum atomic E-state index is -4.20. The molecule has 0 aliphatic carbocycles. The Labute approximate surface area is 118 Å². The van der Waals surface area contributed by atoms with E-state index in [0.717, 1.165) is 0 Å². The SMILES string of the molecule is NC(=O)c1ncn([C@@H]2O[C@@H]3COP(=O)(O)O[C@@H]3[C@H]2O)c1N. The number of aliphatic hydroxyl groups excluding tert-OH is 1. The summed E-state index contributed by atoms with van der Waals surface area (Å²) in [5.41, 5.74) is 10.7. The number of phosphoric ester groups is 1. The Morgan fingerprint density at radius 2 is 2.29 bits per heavy atom. The van der Waals surface area contributed by atoms with Crippen LogP contribution in [0.5, 0.6) is 0 Å². The van der Waals surface area contributed by atoms with Crippen molar-refractivity contribution in [1.29, 1.82) is 0 Å². The fourth-order valence-corrected chi connectivity index (χ4v) is 3.29. The number of nitrogens with zero attached hydrogens (tertiary/aromatic N) is 2. The van der Waals surface area contributed by atoms with Crippen LogP contribution in [0, 0.1) is 0 Å². The molecule has 116 valence electrons. The molecule has 2 fully saturated rings. The van der Waals surface area contributed by atoms with E-state index in [1.807, 2.05) is 0 Å². The molecule has 1 amide bonds. The standard InChI is InChI=1S/C9H13N4O7P/c10-7-4(8(11)15)12-2-13(7)9-5(14)6-3(19-9)1-18-21(16,17)20-6/h2-3,5-6,9,14H,1,10H2,(H2,11,15)(H,16,17)/t3-,5-,6+,9-/m1/s1. The summed E-state index contributed by atoms with van der Waals surface area (Å²) < 4.78 is 27.5. The van der Waals surface area contributed by atoms with Crippen molar-refractivity contribution in [2.45, 2.75) is 24.5 Å². The third-order valence-corrected chi connectivity index (χ3v) is 4.29. The van der Waals surface area contributed by atoms with Crippen molar-refractivity contribution >= 4 is 19.5 Å². The van der Waals surface area contributed by atoms with E-state index < -0.39 is 38.3 Å². The van der Waals surface area contributed by atoms with E-state index in [-0.39, 0.29) is 18.1 Å². The molecular formula is C9H13N4O7P. The maximum Gasteiger partial charge on any atom is 0.472 e. The van der Waals surface area contributed by atoms with Gasteiger partial charge in [-0.1, -0.05) is 0 Å². The molecule has 1 unspecified atom stereocenters. The lowest BCUT2D eigenvalue weighted by molar-refractivity contribution is -0.0668. The molecule has 21 heavy (non-hydrogen) atoms. The number of ether oxygens (including phenoxy) is 1. The summed E-state index contributed by atoms with van der Waals surface area (Å²) in [4.78, 5) is 24.1. The van der Waals surface area contributed by atoms with Crippen molar-refractivity contribution < 1.29 is 33.1 Å². The van der Waals surface area contributed by atoms with Crippen LogP contribution in [0.3, 0.4) is 0 Å². The summed E-state index contributed by atoms with van der Waals surface area (Å²) in [7, 11) is -4.20. The zero-order valence-corrected chi connectivity index (χ0v) is 11.4. The Morgan fingerprint density at radius 3 is 2.90 bits per heavy atom. The second-order valence-electron chi connectivity index (χ2n) is 4.64. The first kappa shape index (κ1) is 14.4. The van der Waals surface area contributed by atoms with Crippen LogP contribution in [0.2, 0.25) is 0 Å². The van der Waals surface area contributed by atoms with Crippen molar-refractivity contribution in [1.82, 2.24) is 9.55 Å². The van der Waals surface area contributed by atoms with E-state index in [2.05, 4.69) is 9.51 Å². The number of carbonyl (C=O) groups excluding carboxylic acids is 1. The quantitative estimate of drug-likeness (QED) is 0.465. The minimum absolute atomic E-state index is 0.0849. The molecular weight excluding hydrogens is 307 g/mol. The van der Waals surface area contributed by atoms with Crippen molar-refractivity contribution in [3.05, 3.63) is 12.0 Å². The van der Waals surface area contributed by atoms with Gasteiger partial charge in [0.1, 0.15) is 24.1 Å². The van der Waals surface area contributed by atoms with Gasteiger partial charge in [-0.3, -0.25) is 18.4 Å². The van der Waals surface area contributed by atoms with Crippen LogP contribution in [0.15, 0.2) is 6.33 Å². The molecule has 2 saturated heterocycles. The number of anilines is 1. The smallest absolute Gasteiger partial charge is 0.386 e. The van der Waals surface area contributed by atoms with Crippen molar-refractivity contribution in [2.24, 2.45) is 5.73 Å². The summed E-state index contributed by atoms with van der Waals surface area (Å²) in [5, 5.41) is 10.2. The Kier molecular flexibility index (Phi) is 3.28. The number of nitrogens with two attached hydrogens (primary N) is 2. The lowest BCUT2D eigenvalue weighted by atomic mass is 10.1. The number of primary amides is 1. The molecule has 2 aliphatic rings.